The molecule has 0 fully saturated rings. The van der Waals surface area contributed by atoms with Crippen LogP contribution in [0.4, 0.5) is 18.9 Å². The van der Waals surface area contributed by atoms with E-state index in [1.807, 2.05) is 12.1 Å². The van der Waals surface area contributed by atoms with E-state index in [1.165, 1.54) is 31.2 Å². The number of benzene rings is 2. The quantitative estimate of drug-likeness (QED) is 0.678. The lowest BCUT2D eigenvalue weighted by Crippen LogP contribution is -2.12. The van der Waals surface area contributed by atoms with E-state index in [0.29, 0.717) is 16.8 Å². The summed E-state index contributed by atoms with van der Waals surface area (Å²) < 4.78 is 37.3. The molecule has 1 heterocycles. The summed E-state index contributed by atoms with van der Waals surface area (Å²) >= 11 is 0. The van der Waals surface area contributed by atoms with Crippen LogP contribution in [-0.2, 0) is 0 Å². The minimum atomic E-state index is -4.37. The molecule has 0 radical (unpaired) electrons. The van der Waals surface area contributed by atoms with E-state index in [9.17, 15) is 18.0 Å². The van der Waals surface area contributed by atoms with E-state index < -0.39 is 6.18 Å². The maximum Gasteiger partial charge on any atom is 0.410 e. The first kappa shape index (κ1) is 17.7. The standard InChI is InChI=1S/C20H15F3N2O/c1-13(11-20(21,22)23)14-5-7-15(8-6-14)19(26)25-18-4-2-3-16-12-24-10-9-17(16)18/h2-12H,1H3,(H,25,26)/b13-11-. The molecule has 0 aliphatic rings. The van der Waals surface area contributed by atoms with Crippen molar-refractivity contribution in [3.63, 3.8) is 0 Å². The Labute approximate surface area is 148 Å². The van der Waals surface area contributed by atoms with Gasteiger partial charge in [-0.15, -0.1) is 0 Å². The van der Waals surface area contributed by atoms with Gasteiger partial charge in [0.05, 0.1) is 0 Å². The highest BCUT2D eigenvalue weighted by molar-refractivity contribution is 6.09. The number of pyridine rings is 1. The average molecular weight is 356 g/mol. The fraction of sp³-hybridized carbons (Fsp3) is 0.100. The molecule has 1 aromatic heterocycles. The van der Waals surface area contributed by atoms with Gasteiger partial charge in [-0.3, -0.25) is 9.78 Å². The molecule has 0 bridgehead atoms. The topological polar surface area (TPSA) is 42.0 Å². The molecule has 0 aliphatic heterocycles. The van der Waals surface area contributed by atoms with E-state index in [0.717, 1.165) is 10.8 Å². The largest absolute Gasteiger partial charge is 0.410 e. The Morgan fingerprint density at radius 3 is 2.42 bits per heavy atom. The smallest absolute Gasteiger partial charge is 0.321 e. The summed E-state index contributed by atoms with van der Waals surface area (Å²) in [5.74, 6) is -0.335. The van der Waals surface area contributed by atoms with Crippen molar-refractivity contribution in [2.24, 2.45) is 0 Å². The van der Waals surface area contributed by atoms with Crippen LogP contribution in [0, 0.1) is 0 Å². The second kappa shape index (κ2) is 7.00. The highest BCUT2D eigenvalue weighted by Gasteiger charge is 2.23. The van der Waals surface area contributed by atoms with Crippen LogP contribution in [0.2, 0.25) is 0 Å². The summed E-state index contributed by atoms with van der Waals surface area (Å²) in [5, 5.41) is 4.58. The lowest BCUT2D eigenvalue weighted by Gasteiger charge is -2.09. The molecule has 26 heavy (non-hydrogen) atoms. The zero-order chi connectivity index (χ0) is 18.7. The van der Waals surface area contributed by atoms with Crippen LogP contribution in [0.3, 0.4) is 0 Å². The average Bonchev–Trinajstić information content (AvgIpc) is 2.61. The number of carbonyl (C=O) groups excluding carboxylic acids is 1. The van der Waals surface area contributed by atoms with Crippen molar-refractivity contribution in [3.05, 3.63) is 78.1 Å². The number of nitrogens with zero attached hydrogens (tertiary/aromatic N) is 1. The van der Waals surface area contributed by atoms with Crippen LogP contribution in [0.5, 0.6) is 0 Å². The van der Waals surface area contributed by atoms with E-state index in [4.69, 9.17) is 0 Å². The Bertz CT molecular complexity index is 971. The molecule has 0 unspecified atom stereocenters. The number of alkyl halides is 3. The minimum absolute atomic E-state index is 0.0889. The second-order valence-corrected chi connectivity index (χ2v) is 5.80. The summed E-state index contributed by atoms with van der Waals surface area (Å²) in [6, 6.07) is 13.3. The molecule has 3 aromatic rings. The van der Waals surface area contributed by atoms with Crippen LogP contribution in [-0.4, -0.2) is 17.1 Å². The third kappa shape index (κ3) is 4.08. The van der Waals surface area contributed by atoms with Gasteiger partial charge in [-0.1, -0.05) is 24.3 Å². The number of aromatic nitrogens is 1. The van der Waals surface area contributed by atoms with Crippen molar-refractivity contribution in [2.45, 2.75) is 13.1 Å². The van der Waals surface area contributed by atoms with E-state index in [1.54, 1.807) is 24.5 Å². The van der Waals surface area contributed by atoms with Gasteiger partial charge < -0.3 is 5.32 Å². The third-order valence-corrected chi connectivity index (χ3v) is 3.91. The Morgan fingerprint density at radius 1 is 1.04 bits per heavy atom. The molecule has 3 rings (SSSR count). The normalized spacial score (nSPS) is 12.2. The highest BCUT2D eigenvalue weighted by atomic mass is 19.4. The Balaban J connectivity index is 1.81. The first-order chi connectivity index (χ1) is 12.3. The number of amides is 1. The van der Waals surface area contributed by atoms with Crippen molar-refractivity contribution >= 4 is 27.9 Å². The fourth-order valence-electron chi connectivity index (χ4n) is 2.64. The van der Waals surface area contributed by atoms with Crippen molar-refractivity contribution in [2.75, 3.05) is 5.32 Å². The highest BCUT2D eigenvalue weighted by Crippen LogP contribution is 2.25. The van der Waals surface area contributed by atoms with Crippen molar-refractivity contribution in [3.8, 4) is 0 Å². The van der Waals surface area contributed by atoms with Crippen LogP contribution in [0.25, 0.3) is 16.3 Å². The Morgan fingerprint density at radius 2 is 1.73 bits per heavy atom. The van der Waals surface area contributed by atoms with Gasteiger partial charge in [-0.25, -0.2) is 0 Å². The monoisotopic (exact) mass is 356 g/mol. The maximum atomic E-state index is 12.4. The van der Waals surface area contributed by atoms with E-state index in [2.05, 4.69) is 10.3 Å². The number of carbonyl (C=O) groups is 1. The van der Waals surface area contributed by atoms with Crippen molar-refractivity contribution in [1.29, 1.82) is 0 Å². The molecule has 6 heteroatoms. The van der Waals surface area contributed by atoms with Gasteiger partial charge in [0.25, 0.3) is 5.91 Å². The summed E-state index contributed by atoms with van der Waals surface area (Å²) in [6.07, 6.45) is -0.784. The summed E-state index contributed by atoms with van der Waals surface area (Å²) in [5.41, 5.74) is 1.51. The fourth-order valence-corrected chi connectivity index (χ4v) is 2.64. The number of hydrogen-bond donors (Lipinski definition) is 1. The van der Waals surface area contributed by atoms with Gasteiger partial charge in [-0.2, -0.15) is 13.2 Å². The van der Waals surface area contributed by atoms with Gasteiger partial charge >= 0.3 is 6.18 Å². The number of anilines is 1. The molecule has 0 saturated carbocycles. The molecular formula is C20H15F3N2O. The number of nitrogens with one attached hydrogen (secondary N) is 1. The molecule has 0 atom stereocenters. The number of allylic oxidation sites excluding steroid dienone is 2. The summed E-state index contributed by atoms with van der Waals surface area (Å²) in [4.78, 5) is 16.5. The molecule has 3 nitrogen and oxygen atoms in total. The lowest BCUT2D eigenvalue weighted by atomic mass is 10.0. The predicted octanol–water partition coefficient (Wildman–Crippen LogP) is 5.45. The van der Waals surface area contributed by atoms with Gasteiger partial charge in [0.1, 0.15) is 0 Å². The van der Waals surface area contributed by atoms with E-state index >= 15 is 0 Å². The van der Waals surface area contributed by atoms with Gasteiger partial charge in [0, 0.05) is 40.5 Å². The number of fused-ring (bicyclic) bond motifs is 1. The molecule has 1 amide bonds. The van der Waals surface area contributed by atoms with Gasteiger partial charge in [0.15, 0.2) is 0 Å². The van der Waals surface area contributed by atoms with Gasteiger partial charge in [0.2, 0.25) is 0 Å². The molecular weight excluding hydrogens is 341 g/mol. The third-order valence-electron chi connectivity index (χ3n) is 3.91. The lowest BCUT2D eigenvalue weighted by molar-refractivity contribution is -0.0793. The number of hydrogen-bond acceptors (Lipinski definition) is 2. The van der Waals surface area contributed by atoms with Crippen LogP contribution in [0.1, 0.15) is 22.8 Å². The number of rotatable bonds is 3. The van der Waals surface area contributed by atoms with Crippen LogP contribution < -0.4 is 5.32 Å². The Hall–Kier alpha value is -3.15. The van der Waals surface area contributed by atoms with Crippen molar-refractivity contribution < 1.29 is 18.0 Å². The van der Waals surface area contributed by atoms with Gasteiger partial charge in [-0.05, 0) is 42.3 Å². The molecule has 0 aliphatic carbocycles. The summed E-state index contributed by atoms with van der Waals surface area (Å²) in [6.45, 7) is 1.38. The first-order valence-corrected chi connectivity index (χ1v) is 7.84. The zero-order valence-electron chi connectivity index (χ0n) is 13.8. The zero-order valence-corrected chi connectivity index (χ0v) is 13.8. The second-order valence-electron chi connectivity index (χ2n) is 5.80. The SMILES string of the molecule is C/C(=C/C(F)(F)F)c1ccc(C(=O)Nc2cccc3cnccc23)cc1. The summed E-state index contributed by atoms with van der Waals surface area (Å²) in [7, 11) is 0. The first-order valence-electron chi connectivity index (χ1n) is 7.84. The van der Waals surface area contributed by atoms with Crippen LogP contribution in [0.15, 0.2) is 67.0 Å². The number of halogens is 3. The van der Waals surface area contributed by atoms with Crippen molar-refractivity contribution in [1.82, 2.24) is 4.98 Å². The predicted molar refractivity (Wildman–Crippen MR) is 95.8 cm³/mol. The molecule has 0 spiro atoms. The molecule has 2 aromatic carbocycles. The Kier molecular flexibility index (Phi) is 4.75. The maximum absolute atomic E-state index is 12.4. The van der Waals surface area contributed by atoms with Crippen LogP contribution >= 0.6 is 0 Å². The molecule has 132 valence electrons. The van der Waals surface area contributed by atoms with E-state index in [-0.39, 0.29) is 17.6 Å². The minimum Gasteiger partial charge on any atom is -0.321 e. The molecule has 0 saturated heterocycles. The molecule has 1 N–H and O–H groups in total.